The number of ether oxygens (including phenoxy) is 5. The van der Waals surface area contributed by atoms with E-state index in [4.69, 9.17) is 23.7 Å². The Kier molecular flexibility index (Phi) is 10.5. The number of benzene rings is 2. The molecule has 0 fully saturated rings. The SMILES string of the molecule is CC(C)(C)c1ccc2c(c1)OCC(=O)NCCNC(=O)COc1cc(C(C)(C)C)ccc1OCCOCCO2. The van der Waals surface area contributed by atoms with Gasteiger partial charge in [0.15, 0.2) is 36.2 Å². The first-order valence-electron chi connectivity index (χ1n) is 13.3. The van der Waals surface area contributed by atoms with Gasteiger partial charge < -0.3 is 34.3 Å². The van der Waals surface area contributed by atoms with Crippen molar-refractivity contribution < 1.29 is 33.3 Å². The molecule has 0 saturated heterocycles. The van der Waals surface area contributed by atoms with E-state index in [0.29, 0.717) is 49.4 Å². The molecule has 0 radical (unpaired) electrons. The summed E-state index contributed by atoms with van der Waals surface area (Å²) >= 11 is 0. The van der Waals surface area contributed by atoms with Gasteiger partial charge in [-0.15, -0.1) is 0 Å². The molecule has 2 aromatic carbocycles. The lowest BCUT2D eigenvalue weighted by Gasteiger charge is -2.21. The van der Waals surface area contributed by atoms with E-state index >= 15 is 0 Å². The third kappa shape index (κ3) is 9.66. The van der Waals surface area contributed by atoms with Crippen LogP contribution < -0.4 is 29.6 Å². The quantitative estimate of drug-likeness (QED) is 0.522. The highest BCUT2D eigenvalue weighted by atomic mass is 16.6. The van der Waals surface area contributed by atoms with Crippen LogP contribution in [0.4, 0.5) is 0 Å². The Hall–Kier alpha value is -3.46. The van der Waals surface area contributed by atoms with Crippen LogP contribution in [0.3, 0.4) is 0 Å². The van der Waals surface area contributed by atoms with Gasteiger partial charge in [-0.1, -0.05) is 53.7 Å². The van der Waals surface area contributed by atoms with Crippen molar-refractivity contribution in [2.45, 2.75) is 52.4 Å². The van der Waals surface area contributed by atoms with E-state index in [9.17, 15) is 9.59 Å². The summed E-state index contributed by atoms with van der Waals surface area (Å²) in [7, 11) is 0. The number of hydrogen-bond donors (Lipinski definition) is 2. The topological polar surface area (TPSA) is 104 Å². The largest absolute Gasteiger partial charge is 0.487 e. The van der Waals surface area contributed by atoms with E-state index in [2.05, 4.69) is 52.2 Å². The van der Waals surface area contributed by atoms with E-state index in [1.807, 2.05) is 36.4 Å². The summed E-state index contributed by atoms with van der Waals surface area (Å²) in [5.41, 5.74) is 1.93. The number of nitrogens with one attached hydrogen (secondary N) is 2. The molecule has 214 valence electrons. The van der Waals surface area contributed by atoms with Crippen molar-refractivity contribution in [1.29, 1.82) is 0 Å². The zero-order valence-electron chi connectivity index (χ0n) is 24.0. The van der Waals surface area contributed by atoms with Gasteiger partial charge >= 0.3 is 0 Å². The number of hydrogen-bond acceptors (Lipinski definition) is 7. The van der Waals surface area contributed by atoms with E-state index in [1.54, 1.807) is 0 Å². The second-order valence-corrected chi connectivity index (χ2v) is 11.4. The second-order valence-electron chi connectivity index (χ2n) is 11.4. The van der Waals surface area contributed by atoms with Crippen LogP contribution in [0, 0.1) is 0 Å². The first-order valence-corrected chi connectivity index (χ1v) is 13.3. The van der Waals surface area contributed by atoms with Gasteiger partial charge in [0, 0.05) is 13.1 Å². The first kappa shape index (κ1) is 30.1. The molecule has 39 heavy (non-hydrogen) atoms. The van der Waals surface area contributed by atoms with E-state index in [0.717, 1.165) is 11.1 Å². The molecule has 0 bridgehead atoms. The Bertz CT molecular complexity index is 1030. The molecular weight excluding hydrogens is 500 g/mol. The maximum absolute atomic E-state index is 12.4. The second kappa shape index (κ2) is 13.6. The van der Waals surface area contributed by atoms with Gasteiger partial charge in [0.05, 0.1) is 13.2 Å². The van der Waals surface area contributed by atoms with Gasteiger partial charge in [0.1, 0.15) is 13.2 Å². The Morgan fingerprint density at radius 3 is 1.36 bits per heavy atom. The van der Waals surface area contributed by atoms with E-state index < -0.39 is 0 Å². The van der Waals surface area contributed by atoms with Crippen molar-refractivity contribution in [2.75, 3.05) is 52.7 Å². The summed E-state index contributed by atoms with van der Waals surface area (Å²) in [6.07, 6.45) is 0. The highest BCUT2D eigenvalue weighted by Crippen LogP contribution is 2.34. The maximum Gasteiger partial charge on any atom is 0.258 e. The van der Waals surface area contributed by atoms with Crippen molar-refractivity contribution >= 4 is 11.8 Å². The molecular formula is C30H42N2O7. The minimum atomic E-state index is -0.303. The molecule has 1 heterocycles. The minimum Gasteiger partial charge on any atom is -0.487 e. The van der Waals surface area contributed by atoms with Crippen LogP contribution in [0.2, 0.25) is 0 Å². The van der Waals surface area contributed by atoms with Gasteiger partial charge in [-0.05, 0) is 46.2 Å². The van der Waals surface area contributed by atoms with Gasteiger partial charge in [-0.25, -0.2) is 0 Å². The lowest BCUT2D eigenvalue weighted by molar-refractivity contribution is -0.124. The molecule has 1 aliphatic rings. The summed E-state index contributed by atoms with van der Waals surface area (Å²) in [6, 6.07) is 11.5. The number of rotatable bonds is 0. The lowest BCUT2D eigenvalue weighted by atomic mass is 9.87. The smallest absolute Gasteiger partial charge is 0.258 e. The van der Waals surface area contributed by atoms with Crippen LogP contribution in [0.25, 0.3) is 0 Å². The zero-order valence-corrected chi connectivity index (χ0v) is 24.0. The molecule has 9 heteroatoms. The molecule has 0 aromatic heterocycles. The highest BCUT2D eigenvalue weighted by molar-refractivity contribution is 5.78. The predicted octanol–water partition coefficient (Wildman–Crippen LogP) is 3.76. The number of carbonyl (C=O) groups is 2. The summed E-state index contributed by atoms with van der Waals surface area (Å²) in [4.78, 5) is 24.7. The Morgan fingerprint density at radius 2 is 0.974 bits per heavy atom. The monoisotopic (exact) mass is 542 g/mol. The molecule has 0 atom stereocenters. The summed E-state index contributed by atoms with van der Waals surface area (Å²) in [5, 5.41) is 5.50. The van der Waals surface area contributed by atoms with Crippen LogP contribution in [0.5, 0.6) is 23.0 Å². The molecule has 2 N–H and O–H groups in total. The molecule has 3 rings (SSSR count). The fraction of sp³-hybridized carbons (Fsp3) is 0.533. The average molecular weight is 543 g/mol. The van der Waals surface area contributed by atoms with Crippen molar-refractivity contribution in [3.05, 3.63) is 47.5 Å². The fourth-order valence-corrected chi connectivity index (χ4v) is 3.73. The highest BCUT2D eigenvalue weighted by Gasteiger charge is 2.19. The van der Waals surface area contributed by atoms with Crippen LogP contribution >= 0.6 is 0 Å². The standard InChI is InChI=1S/C30H42N2O7/c1-29(2,3)21-7-9-23-25(17-21)38-19-27(33)31-11-12-32-28(34)20-39-26-18-22(30(4,5)6)8-10-24(26)37-16-14-35-13-15-36-23/h7-10,17-18H,11-16,19-20H2,1-6H3,(H,31,33)(H,32,34). The first-order chi connectivity index (χ1) is 18.4. The molecule has 1 aliphatic heterocycles. The van der Waals surface area contributed by atoms with Crippen LogP contribution in [0.1, 0.15) is 52.7 Å². The molecule has 0 unspecified atom stereocenters. The van der Waals surface area contributed by atoms with Crippen molar-refractivity contribution in [3.8, 4) is 23.0 Å². The third-order valence-electron chi connectivity index (χ3n) is 6.08. The summed E-state index contributed by atoms with van der Waals surface area (Å²) < 4.78 is 29.2. The fourth-order valence-electron chi connectivity index (χ4n) is 3.73. The Balaban J connectivity index is 1.71. The van der Waals surface area contributed by atoms with Crippen LogP contribution in [-0.4, -0.2) is 64.5 Å². The van der Waals surface area contributed by atoms with Crippen molar-refractivity contribution in [3.63, 3.8) is 0 Å². The van der Waals surface area contributed by atoms with Crippen molar-refractivity contribution in [1.82, 2.24) is 10.6 Å². The lowest BCUT2D eigenvalue weighted by Crippen LogP contribution is -2.38. The molecule has 0 saturated carbocycles. The molecule has 2 aromatic rings. The van der Waals surface area contributed by atoms with Crippen molar-refractivity contribution in [2.24, 2.45) is 0 Å². The average Bonchev–Trinajstić information content (AvgIpc) is 2.87. The van der Waals surface area contributed by atoms with Gasteiger partial charge in [-0.3, -0.25) is 9.59 Å². The molecule has 9 nitrogen and oxygen atoms in total. The molecule has 0 aliphatic carbocycles. The number of amides is 2. The number of carbonyl (C=O) groups excluding carboxylic acids is 2. The van der Waals surface area contributed by atoms with E-state index in [1.165, 1.54) is 0 Å². The minimum absolute atomic E-state index is 0.0967. The van der Waals surface area contributed by atoms with Gasteiger partial charge in [-0.2, -0.15) is 0 Å². The van der Waals surface area contributed by atoms with Gasteiger partial charge in [0.2, 0.25) is 0 Å². The third-order valence-corrected chi connectivity index (χ3v) is 6.08. The summed E-state index contributed by atoms with van der Waals surface area (Å²) in [6.45, 7) is 14.1. The Labute approximate surface area is 231 Å². The molecule has 2 amide bonds. The van der Waals surface area contributed by atoms with Gasteiger partial charge in [0.25, 0.3) is 11.8 Å². The van der Waals surface area contributed by atoms with Crippen LogP contribution in [-0.2, 0) is 25.2 Å². The Morgan fingerprint density at radius 1 is 0.564 bits per heavy atom. The predicted molar refractivity (Wildman–Crippen MR) is 149 cm³/mol. The summed E-state index contributed by atoms with van der Waals surface area (Å²) in [5.74, 6) is 1.45. The normalized spacial score (nSPS) is 16.9. The van der Waals surface area contributed by atoms with E-state index in [-0.39, 0.29) is 48.9 Å². The zero-order chi connectivity index (χ0) is 28.5. The number of fused-ring (bicyclic) bond motifs is 2. The maximum atomic E-state index is 12.4. The molecule has 0 spiro atoms. The van der Waals surface area contributed by atoms with Crippen LogP contribution in [0.15, 0.2) is 36.4 Å².